The van der Waals surface area contributed by atoms with Gasteiger partial charge in [-0.1, -0.05) is 36.6 Å². The highest BCUT2D eigenvalue weighted by Crippen LogP contribution is 2.34. The number of hydrogen-bond donors (Lipinski definition) is 2. The van der Waals surface area contributed by atoms with Crippen molar-refractivity contribution in [1.82, 2.24) is 15.5 Å². The first-order chi connectivity index (χ1) is 11.4. The van der Waals surface area contributed by atoms with Gasteiger partial charge in [-0.2, -0.15) is 0 Å². The fraction of sp³-hybridized carbons (Fsp3) is 0.471. The minimum Gasteiger partial charge on any atom is -0.348 e. The Kier molecular flexibility index (Phi) is 4.49. The summed E-state index contributed by atoms with van der Waals surface area (Å²) in [6.07, 6.45) is 3.13. The van der Waals surface area contributed by atoms with Gasteiger partial charge in [-0.25, -0.2) is 4.79 Å². The molecule has 7 heteroatoms. The van der Waals surface area contributed by atoms with Crippen LogP contribution in [0.3, 0.4) is 0 Å². The summed E-state index contributed by atoms with van der Waals surface area (Å²) in [4.78, 5) is 37.8. The Hall–Kier alpha value is -2.08. The topological polar surface area (TPSA) is 78.5 Å². The SMILES string of the molecule is CC(NC(=O)CN1C(=O)NC2(CCCC2)C1=O)c1ccc(Cl)cc1. The van der Waals surface area contributed by atoms with Crippen molar-refractivity contribution in [3.05, 3.63) is 34.9 Å². The summed E-state index contributed by atoms with van der Waals surface area (Å²) in [5, 5.41) is 6.20. The molecule has 3 rings (SSSR count). The molecule has 24 heavy (non-hydrogen) atoms. The number of rotatable bonds is 4. The van der Waals surface area contributed by atoms with Gasteiger partial charge in [0.2, 0.25) is 5.91 Å². The third-order valence-corrected chi connectivity index (χ3v) is 5.00. The highest BCUT2D eigenvalue weighted by molar-refractivity contribution is 6.30. The molecule has 1 aromatic rings. The van der Waals surface area contributed by atoms with Crippen molar-refractivity contribution in [2.45, 2.75) is 44.2 Å². The van der Waals surface area contributed by atoms with Crippen LogP contribution < -0.4 is 10.6 Å². The highest BCUT2D eigenvalue weighted by Gasteiger charge is 2.52. The second-order valence-corrected chi connectivity index (χ2v) is 6.89. The molecular formula is C17H20ClN3O3. The van der Waals surface area contributed by atoms with Crippen molar-refractivity contribution in [3.63, 3.8) is 0 Å². The van der Waals surface area contributed by atoms with Gasteiger partial charge in [0.05, 0.1) is 6.04 Å². The van der Waals surface area contributed by atoms with Crippen LogP contribution >= 0.6 is 11.6 Å². The maximum Gasteiger partial charge on any atom is 0.325 e. The second-order valence-electron chi connectivity index (χ2n) is 6.45. The monoisotopic (exact) mass is 349 g/mol. The second kappa shape index (κ2) is 6.43. The zero-order valence-electron chi connectivity index (χ0n) is 13.5. The van der Waals surface area contributed by atoms with E-state index in [9.17, 15) is 14.4 Å². The van der Waals surface area contributed by atoms with Crippen LogP contribution in [0.2, 0.25) is 5.02 Å². The third kappa shape index (κ3) is 3.11. The highest BCUT2D eigenvalue weighted by atomic mass is 35.5. The first kappa shape index (κ1) is 16.8. The van der Waals surface area contributed by atoms with E-state index in [4.69, 9.17) is 11.6 Å². The summed E-state index contributed by atoms with van der Waals surface area (Å²) >= 11 is 5.85. The van der Waals surface area contributed by atoms with Crippen molar-refractivity contribution in [3.8, 4) is 0 Å². The number of nitrogens with zero attached hydrogens (tertiary/aromatic N) is 1. The van der Waals surface area contributed by atoms with Crippen LogP contribution in [-0.4, -0.2) is 34.8 Å². The lowest BCUT2D eigenvalue weighted by Gasteiger charge is -2.20. The standard InChI is InChI=1S/C17H20ClN3O3/c1-11(12-4-6-13(18)7-5-12)19-14(22)10-21-15(23)17(20-16(21)24)8-2-3-9-17/h4-7,11H,2-3,8-10H2,1H3,(H,19,22)(H,20,24). The number of hydrogen-bond acceptors (Lipinski definition) is 3. The molecule has 0 aromatic heterocycles. The molecule has 2 aliphatic rings. The maximum absolute atomic E-state index is 12.5. The predicted octanol–water partition coefficient (Wildman–Crippen LogP) is 2.38. The molecule has 6 nitrogen and oxygen atoms in total. The lowest BCUT2D eigenvalue weighted by Crippen LogP contribution is -2.45. The summed E-state index contributed by atoms with van der Waals surface area (Å²) in [5.74, 6) is -0.643. The average Bonchev–Trinajstić information content (AvgIpc) is 3.09. The Labute approximate surface area is 145 Å². The molecule has 2 N–H and O–H groups in total. The van der Waals surface area contributed by atoms with Crippen molar-refractivity contribution >= 4 is 29.4 Å². The van der Waals surface area contributed by atoms with E-state index in [1.165, 1.54) is 0 Å². The van der Waals surface area contributed by atoms with E-state index in [1.807, 2.05) is 19.1 Å². The summed E-state index contributed by atoms with van der Waals surface area (Å²) < 4.78 is 0. The van der Waals surface area contributed by atoms with Gasteiger partial charge in [0, 0.05) is 5.02 Å². The first-order valence-corrected chi connectivity index (χ1v) is 8.48. The molecule has 1 aromatic carbocycles. The predicted molar refractivity (Wildman–Crippen MR) is 89.5 cm³/mol. The Bertz CT molecular complexity index is 668. The molecule has 1 spiro atoms. The van der Waals surface area contributed by atoms with Gasteiger partial charge in [-0.15, -0.1) is 0 Å². The fourth-order valence-electron chi connectivity index (χ4n) is 3.40. The van der Waals surface area contributed by atoms with Gasteiger partial charge in [-0.05, 0) is 37.5 Å². The quantitative estimate of drug-likeness (QED) is 0.819. The number of urea groups is 1. The van der Waals surface area contributed by atoms with Crippen molar-refractivity contribution in [2.75, 3.05) is 6.54 Å². The van der Waals surface area contributed by atoms with Gasteiger partial charge in [0.15, 0.2) is 0 Å². The minimum absolute atomic E-state index is 0.240. The van der Waals surface area contributed by atoms with Crippen molar-refractivity contribution < 1.29 is 14.4 Å². The van der Waals surface area contributed by atoms with E-state index in [0.29, 0.717) is 17.9 Å². The molecule has 1 saturated carbocycles. The van der Waals surface area contributed by atoms with Crippen LogP contribution in [0, 0.1) is 0 Å². The number of nitrogens with one attached hydrogen (secondary N) is 2. The minimum atomic E-state index is -0.779. The van der Waals surface area contributed by atoms with E-state index in [2.05, 4.69) is 10.6 Å². The Morgan fingerprint density at radius 2 is 1.92 bits per heavy atom. The van der Waals surface area contributed by atoms with Crippen molar-refractivity contribution in [1.29, 1.82) is 0 Å². The van der Waals surface area contributed by atoms with Crippen LogP contribution in [-0.2, 0) is 9.59 Å². The van der Waals surface area contributed by atoms with Gasteiger partial charge in [0.1, 0.15) is 12.1 Å². The lowest BCUT2D eigenvalue weighted by atomic mass is 9.98. The average molecular weight is 350 g/mol. The number of amides is 4. The van der Waals surface area contributed by atoms with E-state index in [1.54, 1.807) is 12.1 Å². The molecule has 1 heterocycles. The molecule has 0 bridgehead atoms. The van der Waals surface area contributed by atoms with Gasteiger partial charge in [0.25, 0.3) is 5.91 Å². The van der Waals surface area contributed by atoms with E-state index < -0.39 is 11.6 Å². The number of benzene rings is 1. The molecule has 1 aliphatic carbocycles. The summed E-state index contributed by atoms with van der Waals surface area (Å²) in [5.41, 5.74) is 0.122. The Morgan fingerprint density at radius 3 is 2.54 bits per heavy atom. The van der Waals surface area contributed by atoms with E-state index >= 15 is 0 Å². The number of carbonyl (C=O) groups excluding carboxylic acids is 3. The van der Waals surface area contributed by atoms with Crippen LogP contribution in [0.4, 0.5) is 4.79 Å². The molecule has 128 valence electrons. The molecular weight excluding hydrogens is 330 g/mol. The van der Waals surface area contributed by atoms with Crippen LogP contribution in [0.1, 0.15) is 44.2 Å². The Balaban J connectivity index is 1.61. The third-order valence-electron chi connectivity index (χ3n) is 4.75. The van der Waals surface area contributed by atoms with Crippen LogP contribution in [0.5, 0.6) is 0 Å². The maximum atomic E-state index is 12.5. The smallest absolute Gasteiger partial charge is 0.325 e. The largest absolute Gasteiger partial charge is 0.348 e. The summed E-state index contributed by atoms with van der Waals surface area (Å²) in [6.45, 7) is 1.58. The zero-order valence-corrected chi connectivity index (χ0v) is 14.2. The van der Waals surface area contributed by atoms with E-state index in [-0.39, 0.29) is 24.4 Å². The van der Waals surface area contributed by atoms with Gasteiger partial charge >= 0.3 is 6.03 Å². The first-order valence-electron chi connectivity index (χ1n) is 8.10. The lowest BCUT2D eigenvalue weighted by molar-refractivity contribution is -0.135. The Morgan fingerprint density at radius 1 is 1.29 bits per heavy atom. The molecule has 1 unspecified atom stereocenters. The van der Waals surface area contributed by atoms with Gasteiger partial charge < -0.3 is 10.6 Å². The van der Waals surface area contributed by atoms with Gasteiger partial charge in [-0.3, -0.25) is 14.5 Å². The normalized spacial score (nSPS) is 20.3. The molecule has 2 fully saturated rings. The van der Waals surface area contributed by atoms with Crippen LogP contribution in [0.25, 0.3) is 0 Å². The number of carbonyl (C=O) groups is 3. The molecule has 1 saturated heterocycles. The van der Waals surface area contributed by atoms with Crippen LogP contribution in [0.15, 0.2) is 24.3 Å². The fourth-order valence-corrected chi connectivity index (χ4v) is 3.53. The molecule has 1 aliphatic heterocycles. The molecule has 4 amide bonds. The molecule has 0 radical (unpaired) electrons. The number of imide groups is 1. The van der Waals surface area contributed by atoms with Crippen molar-refractivity contribution in [2.24, 2.45) is 0 Å². The molecule has 1 atom stereocenters. The summed E-state index contributed by atoms with van der Waals surface area (Å²) in [7, 11) is 0. The van der Waals surface area contributed by atoms with E-state index in [0.717, 1.165) is 23.3 Å². The zero-order chi connectivity index (χ0) is 17.3. The summed E-state index contributed by atoms with van der Waals surface area (Å²) in [6, 6.07) is 6.44. The number of halogens is 1.